The third-order valence-electron chi connectivity index (χ3n) is 7.18. The molecule has 2 aromatic heterocycles. The summed E-state index contributed by atoms with van der Waals surface area (Å²) in [7, 11) is 1.70. The van der Waals surface area contributed by atoms with Crippen LogP contribution in [0.5, 0.6) is 5.75 Å². The van der Waals surface area contributed by atoms with Crippen molar-refractivity contribution in [3.63, 3.8) is 0 Å². The monoisotopic (exact) mass is 525 g/mol. The zero-order chi connectivity index (χ0) is 25.5. The van der Waals surface area contributed by atoms with Crippen LogP contribution >= 0.6 is 23.8 Å². The fourth-order valence-electron chi connectivity index (χ4n) is 5.36. The van der Waals surface area contributed by atoms with E-state index in [1.165, 1.54) is 33.6 Å². The fourth-order valence-corrected chi connectivity index (χ4v) is 5.80. The Labute approximate surface area is 227 Å². The lowest BCUT2D eigenvalue weighted by atomic mass is 9.97. The quantitative estimate of drug-likeness (QED) is 0.235. The molecule has 1 aliphatic heterocycles. The second-order valence-electron chi connectivity index (χ2n) is 9.57. The van der Waals surface area contributed by atoms with E-state index >= 15 is 0 Å². The number of thiocarbonyl (C=S) groups is 1. The van der Waals surface area contributed by atoms with Crippen LogP contribution in [0.15, 0.2) is 79.0 Å². The average Bonchev–Trinajstić information content (AvgIpc) is 3.33. The summed E-state index contributed by atoms with van der Waals surface area (Å²) in [4.78, 5) is 0.693. The SMILES string of the molecule is COc1ccc(-c2cn3c(C(=S)Nc4ccc(Cl)cc4)c(-c4ccc(C)cc4)c4c3n2CCCC4)cc1. The van der Waals surface area contributed by atoms with Crippen molar-refractivity contribution < 1.29 is 4.74 Å². The number of benzene rings is 3. The summed E-state index contributed by atoms with van der Waals surface area (Å²) in [6.07, 6.45) is 5.54. The number of halogens is 1. The minimum atomic E-state index is 0.693. The number of nitrogens with zero attached hydrogens (tertiary/aromatic N) is 2. The van der Waals surface area contributed by atoms with Gasteiger partial charge in [-0.2, -0.15) is 0 Å². The molecule has 6 rings (SSSR count). The maximum Gasteiger partial charge on any atom is 0.128 e. The molecule has 0 atom stereocenters. The van der Waals surface area contributed by atoms with Crippen LogP contribution in [0.4, 0.5) is 5.69 Å². The molecule has 4 nitrogen and oxygen atoms in total. The first kappa shape index (κ1) is 23.8. The van der Waals surface area contributed by atoms with E-state index in [2.05, 4.69) is 63.8 Å². The van der Waals surface area contributed by atoms with Gasteiger partial charge in [0.15, 0.2) is 0 Å². The standard InChI is InChI=1S/C31H28ClN3OS/c1-20-6-8-22(9-7-20)28-26-5-3-4-18-34-27(21-10-16-25(36-2)17-11-21)19-35(31(26)34)29(28)30(37)33-24-14-12-23(32)13-15-24/h6-17,19H,3-5,18H2,1-2H3,(H,33,37). The van der Waals surface area contributed by atoms with E-state index in [4.69, 9.17) is 28.6 Å². The van der Waals surface area contributed by atoms with Crippen molar-refractivity contribution in [3.8, 4) is 28.1 Å². The first-order valence-corrected chi connectivity index (χ1v) is 13.4. The number of methoxy groups -OCH3 is 1. The lowest BCUT2D eigenvalue weighted by Crippen LogP contribution is -2.14. The molecule has 1 aliphatic rings. The Morgan fingerprint density at radius 3 is 2.32 bits per heavy atom. The highest BCUT2D eigenvalue weighted by Crippen LogP contribution is 2.40. The van der Waals surface area contributed by atoms with Gasteiger partial charge in [0, 0.05) is 34.6 Å². The summed E-state index contributed by atoms with van der Waals surface area (Å²) >= 11 is 12.2. The van der Waals surface area contributed by atoms with Gasteiger partial charge in [0.2, 0.25) is 0 Å². The molecule has 0 amide bonds. The molecule has 3 heterocycles. The van der Waals surface area contributed by atoms with E-state index in [0.717, 1.165) is 48.5 Å². The number of anilines is 1. The van der Waals surface area contributed by atoms with Crippen LogP contribution < -0.4 is 10.1 Å². The average molecular weight is 526 g/mol. The molecule has 0 saturated carbocycles. The number of aromatic nitrogens is 2. The van der Waals surface area contributed by atoms with Crippen LogP contribution in [0.25, 0.3) is 28.0 Å². The first-order valence-electron chi connectivity index (χ1n) is 12.6. The van der Waals surface area contributed by atoms with Crippen molar-refractivity contribution in [2.24, 2.45) is 0 Å². The molecule has 0 radical (unpaired) electrons. The Bertz CT molecular complexity index is 1600. The Hall–Kier alpha value is -3.54. The van der Waals surface area contributed by atoms with Crippen LogP contribution in [0.1, 0.15) is 29.7 Å². The second kappa shape index (κ2) is 9.73. The van der Waals surface area contributed by atoms with Gasteiger partial charge in [-0.3, -0.25) is 4.40 Å². The largest absolute Gasteiger partial charge is 0.497 e. The predicted octanol–water partition coefficient (Wildman–Crippen LogP) is 8.17. The molecule has 6 heteroatoms. The van der Waals surface area contributed by atoms with Crippen molar-refractivity contribution in [2.75, 3.05) is 12.4 Å². The molecule has 3 aromatic carbocycles. The van der Waals surface area contributed by atoms with Gasteiger partial charge in [-0.1, -0.05) is 53.6 Å². The Balaban J connectivity index is 1.58. The number of aryl methyl sites for hydroxylation is 3. The highest BCUT2D eigenvalue weighted by atomic mass is 35.5. The van der Waals surface area contributed by atoms with Crippen molar-refractivity contribution >= 4 is 40.1 Å². The minimum absolute atomic E-state index is 0.693. The molecule has 0 aliphatic carbocycles. The summed E-state index contributed by atoms with van der Waals surface area (Å²) in [6, 6.07) is 24.8. The lowest BCUT2D eigenvalue weighted by molar-refractivity contribution is 0.415. The maximum atomic E-state index is 6.13. The molecule has 0 bridgehead atoms. The number of imidazole rings is 1. The van der Waals surface area contributed by atoms with Crippen molar-refractivity contribution in [1.82, 2.24) is 8.97 Å². The van der Waals surface area contributed by atoms with Gasteiger partial charge in [0.1, 0.15) is 16.4 Å². The van der Waals surface area contributed by atoms with Gasteiger partial charge in [0.25, 0.3) is 0 Å². The Morgan fingerprint density at radius 2 is 1.62 bits per heavy atom. The van der Waals surface area contributed by atoms with Crippen LogP contribution in [0, 0.1) is 6.92 Å². The second-order valence-corrected chi connectivity index (χ2v) is 10.4. The predicted molar refractivity (Wildman–Crippen MR) is 157 cm³/mol. The third kappa shape index (κ3) is 4.32. The van der Waals surface area contributed by atoms with Crippen LogP contribution in [0.2, 0.25) is 5.02 Å². The Kier molecular flexibility index (Phi) is 6.27. The summed E-state index contributed by atoms with van der Waals surface area (Å²) in [5.41, 5.74) is 10.5. The summed E-state index contributed by atoms with van der Waals surface area (Å²) < 4.78 is 10.2. The maximum absolute atomic E-state index is 6.13. The number of ether oxygens (including phenoxy) is 1. The molecular formula is C31H28ClN3OS. The van der Waals surface area contributed by atoms with E-state index < -0.39 is 0 Å². The number of hydrogen-bond acceptors (Lipinski definition) is 2. The molecular weight excluding hydrogens is 498 g/mol. The van der Waals surface area contributed by atoms with Crippen molar-refractivity contribution in [1.29, 1.82) is 0 Å². The van der Waals surface area contributed by atoms with E-state index in [-0.39, 0.29) is 0 Å². The molecule has 0 spiro atoms. The van der Waals surface area contributed by atoms with Gasteiger partial charge in [-0.05, 0) is 85.8 Å². The molecule has 0 saturated heterocycles. The van der Waals surface area contributed by atoms with E-state index in [1.807, 2.05) is 36.4 Å². The summed E-state index contributed by atoms with van der Waals surface area (Å²) in [5.74, 6) is 0.856. The summed E-state index contributed by atoms with van der Waals surface area (Å²) in [5, 5.41) is 4.18. The normalized spacial score (nSPS) is 12.9. The van der Waals surface area contributed by atoms with Crippen LogP contribution in [-0.4, -0.2) is 21.1 Å². The number of nitrogens with one attached hydrogen (secondary N) is 1. The van der Waals surface area contributed by atoms with Crippen LogP contribution in [-0.2, 0) is 13.0 Å². The van der Waals surface area contributed by atoms with Gasteiger partial charge >= 0.3 is 0 Å². The number of hydrogen-bond donors (Lipinski definition) is 1. The topological polar surface area (TPSA) is 30.6 Å². The molecule has 37 heavy (non-hydrogen) atoms. The summed E-state index contributed by atoms with van der Waals surface area (Å²) in [6.45, 7) is 3.09. The van der Waals surface area contributed by atoms with Gasteiger partial charge in [-0.15, -0.1) is 0 Å². The molecule has 0 fully saturated rings. The first-order chi connectivity index (χ1) is 18.0. The molecule has 1 N–H and O–H groups in total. The van der Waals surface area contributed by atoms with E-state index in [1.54, 1.807) is 7.11 Å². The molecule has 0 unspecified atom stereocenters. The fraction of sp³-hybridized carbons (Fsp3) is 0.194. The number of rotatable bonds is 5. The lowest BCUT2D eigenvalue weighted by Gasteiger charge is -2.12. The highest BCUT2D eigenvalue weighted by molar-refractivity contribution is 7.81. The zero-order valence-electron chi connectivity index (χ0n) is 20.9. The Morgan fingerprint density at radius 1 is 0.919 bits per heavy atom. The van der Waals surface area contributed by atoms with E-state index in [0.29, 0.717) is 10.0 Å². The van der Waals surface area contributed by atoms with Crippen molar-refractivity contribution in [2.45, 2.75) is 32.7 Å². The minimum Gasteiger partial charge on any atom is -0.497 e. The third-order valence-corrected chi connectivity index (χ3v) is 7.72. The van der Waals surface area contributed by atoms with Gasteiger partial charge in [-0.25, -0.2) is 0 Å². The smallest absolute Gasteiger partial charge is 0.128 e. The van der Waals surface area contributed by atoms with Gasteiger partial charge < -0.3 is 14.6 Å². The molecule has 186 valence electrons. The van der Waals surface area contributed by atoms with Gasteiger partial charge in [0.05, 0.1) is 18.5 Å². The highest BCUT2D eigenvalue weighted by Gasteiger charge is 2.28. The molecule has 5 aromatic rings. The van der Waals surface area contributed by atoms with E-state index in [9.17, 15) is 0 Å². The van der Waals surface area contributed by atoms with Crippen molar-refractivity contribution in [3.05, 3.63) is 101 Å². The van der Waals surface area contributed by atoms with Crippen LogP contribution in [0.3, 0.4) is 0 Å². The zero-order valence-corrected chi connectivity index (χ0v) is 22.5.